The Hall–Kier alpha value is -2.28. The maximum atomic E-state index is 6.19. The Bertz CT molecular complexity index is 929. The standard InChI is InChI=1S/C18H16Cl2N4OS/c1-25-16-7-6-13(19)10-15(16)21-18(26)22-17-8-9-24(23-17)11-12-4-2-3-5-14(12)20/h2-10H,11H2,1H3,(H2,21,22,23,26). The molecule has 3 rings (SSSR count). The molecule has 2 aromatic carbocycles. The van der Waals surface area contributed by atoms with E-state index in [0.717, 1.165) is 5.56 Å². The number of anilines is 2. The van der Waals surface area contributed by atoms with Gasteiger partial charge in [-0.15, -0.1) is 0 Å². The number of hydrogen-bond donors (Lipinski definition) is 2. The first kappa shape index (κ1) is 18.5. The summed E-state index contributed by atoms with van der Waals surface area (Å²) in [7, 11) is 1.58. The van der Waals surface area contributed by atoms with E-state index in [1.165, 1.54) is 0 Å². The quantitative estimate of drug-likeness (QED) is 0.580. The van der Waals surface area contributed by atoms with Crippen molar-refractivity contribution in [3.05, 3.63) is 70.3 Å². The number of halogens is 2. The average molecular weight is 407 g/mol. The monoisotopic (exact) mass is 406 g/mol. The summed E-state index contributed by atoms with van der Waals surface area (Å²) < 4.78 is 7.08. The van der Waals surface area contributed by atoms with Crippen molar-refractivity contribution in [3.8, 4) is 5.75 Å². The zero-order valence-corrected chi connectivity index (χ0v) is 16.2. The average Bonchev–Trinajstić information content (AvgIpc) is 3.04. The van der Waals surface area contributed by atoms with E-state index in [4.69, 9.17) is 40.2 Å². The van der Waals surface area contributed by atoms with E-state index >= 15 is 0 Å². The number of hydrogen-bond acceptors (Lipinski definition) is 3. The third-order valence-corrected chi connectivity index (χ3v) is 4.39. The van der Waals surface area contributed by atoms with Crippen LogP contribution in [0.2, 0.25) is 10.0 Å². The van der Waals surface area contributed by atoms with Gasteiger partial charge in [0.05, 0.1) is 19.3 Å². The highest BCUT2D eigenvalue weighted by atomic mass is 35.5. The van der Waals surface area contributed by atoms with E-state index in [0.29, 0.717) is 39.0 Å². The topological polar surface area (TPSA) is 51.1 Å². The molecule has 0 radical (unpaired) electrons. The molecule has 0 aliphatic rings. The molecule has 1 heterocycles. The van der Waals surface area contributed by atoms with Crippen molar-refractivity contribution in [2.45, 2.75) is 6.54 Å². The molecule has 0 saturated carbocycles. The molecular weight excluding hydrogens is 391 g/mol. The van der Waals surface area contributed by atoms with Gasteiger partial charge in [0.2, 0.25) is 0 Å². The van der Waals surface area contributed by atoms with Crippen LogP contribution in [0.25, 0.3) is 0 Å². The Morgan fingerprint density at radius 1 is 1.15 bits per heavy atom. The van der Waals surface area contributed by atoms with E-state index in [-0.39, 0.29) is 0 Å². The highest BCUT2D eigenvalue weighted by Gasteiger charge is 2.08. The molecule has 2 N–H and O–H groups in total. The Kier molecular flexibility index (Phi) is 5.98. The number of rotatable bonds is 5. The molecule has 0 spiro atoms. The van der Waals surface area contributed by atoms with Crippen molar-refractivity contribution in [2.24, 2.45) is 0 Å². The fourth-order valence-electron chi connectivity index (χ4n) is 2.37. The van der Waals surface area contributed by atoms with Gasteiger partial charge in [0, 0.05) is 22.3 Å². The van der Waals surface area contributed by atoms with Crippen LogP contribution >= 0.6 is 35.4 Å². The highest BCUT2D eigenvalue weighted by molar-refractivity contribution is 7.80. The van der Waals surface area contributed by atoms with Gasteiger partial charge in [-0.2, -0.15) is 5.10 Å². The number of methoxy groups -OCH3 is 1. The van der Waals surface area contributed by atoms with Crippen LogP contribution in [0.15, 0.2) is 54.7 Å². The second-order valence-electron chi connectivity index (χ2n) is 5.41. The van der Waals surface area contributed by atoms with Crippen LogP contribution in [0.4, 0.5) is 11.5 Å². The van der Waals surface area contributed by atoms with Crippen molar-refractivity contribution < 1.29 is 4.74 Å². The maximum Gasteiger partial charge on any atom is 0.176 e. The molecule has 0 fully saturated rings. The first-order valence-electron chi connectivity index (χ1n) is 7.73. The summed E-state index contributed by atoms with van der Waals surface area (Å²) in [6.07, 6.45) is 1.86. The molecule has 8 heteroatoms. The lowest BCUT2D eigenvalue weighted by atomic mass is 10.2. The van der Waals surface area contributed by atoms with Crippen LogP contribution in [0.3, 0.4) is 0 Å². The molecule has 0 unspecified atom stereocenters. The van der Waals surface area contributed by atoms with Crippen LogP contribution in [-0.2, 0) is 6.54 Å². The Balaban J connectivity index is 1.65. The van der Waals surface area contributed by atoms with Crippen molar-refractivity contribution >= 4 is 52.0 Å². The molecule has 5 nitrogen and oxygen atoms in total. The van der Waals surface area contributed by atoms with Crippen LogP contribution < -0.4 is 15.4 Å². The lowest BCUT2D eigenvalue weighted by Gasteiger charge is -2.12. The van der Waals surface area contributed by atoms with Gasteiger partial charge < -0.3 is 15.4 Å². The Morgan fingerprint density at radius 3 is 2.73 bits per heavy atom. The summed E-state index contributed by atoms with van der Waals surface area (Å²) >= 11 is 17.5. The van der Waals surface area contributed by atoms with Gasteiger partial charge in [-0.25, -0.2) is 0 Å². The molecule has 1 aromatic heterocycles. The summed E-state index contributed by atoms with van der Waals surface area (Å²) in [5, 5.41) is 12.2. The fraction of sp³-hybridized carbons (Fsp3) is 0.111. The smallest absolute Gasteiger partial charge is 0.176 e. The lowest BCUT2D eigenvalue weighted by molar-refractivity contribution is 0.417. The Morgan fingerprint density at radius 2 is 1.96 bits per heavy atom. The second-order valence-corrected chi connectivity index (χ2v) is 6.67. The van der Waals surface area contributed by atoms with Crippen LogP contribution in [0.1, 0.15) is 5.56 Å². The minimum Gasteiger partial charge on any atom is -0.495 e. The molecule has 0 bridgehead atoms. The largest absolute Gasteiger partial charge is 0.495 e. The minimum atomic E-state index is 0.383. The predicted molar refractivity (Wildman–Crippen MR) is 111 cm³/mol. The van der Waals surface area contributed by atoms with E-state index in [1.54, 1.807) is 30.0 Å². The maximum absolute atomic E-state index is 6.19. The van der Waals surface area contributed by atoms with Crippen molar-refractivity contribution in [1.29, 1.82) is 0 Å². The minimum absolute atomic E-state index is 0.383. The van der Waals surface area contributed by atoms with E-state index < -0.39 is 0 Å². The van der Waals surface area contributed by atoms with Crippen molar-refractivity contribution in [2.75, 3.05) is 17.7 Å². The molecular formula is C18H16Cl2N4OS. The molecule has 3 aromatic rings. The predicted octanol–water partition coefficient (Wildman–Crippen LogP) is 5.06. The van der Waals surface area contributed by atoms with Gasteiger partial charge in [-0.05, 0) is 42.0 Å². The summed E-state index contributed by atoms with van der Waals surface area (Å²) in [6.45, 7) is 0.573. The summed E-state index contributed by atoms with van der Waals surface area (Å²) in [4.78, 5) is 0. The molecule has 0 aliphatic carbocycles. The molecule has 26 heavy (non-hydrogen) atoms. The lowest BCUT2D eigenvalue weighted by Crippen LogP contribution is -2.20. The second kappa shape index (κ2) is 8.40. The van der Waals surface area contributed by atoms with Gasteiger partial charge in [0.15, 0.2) is 10.9 Å². The number of aromatic nitrogens is 2. The van der Waals surface area contributed by atoms with E-state index in [9.17, 15) is 0 Å². The molecule has 0 aliphatic heterocycles. The summed E-state index contributed by atoms with van der Waals surface area (Å²) in [6, 6.07) is 14.8. The van der Waals surface area contributed by atoms with Gasteiger partial charge >= 0.3 is 0 Å². The normalized spacial score (nSPS) is 10.4. The molecule has 134 valence electrons. The number of ether oxygens (including phenoxy) is 1. The summed E-state index contributed by atoms with van der Waals surface area (Å²) in [5.74, 6) is 1.26. The van der Waals surface area contributed by atoms with Gasteiger partial charge in [0.1, 0.15) is 5.75 Å². The highest BCUT2D eigenvalue weighted by Crippen LogP contribution is 2.27. The number of thiocarbonyl (C=S) groups is 1. The zero-order valence-electron chi connectivity index (χ0n) is 13.9. The summed E-state index contributed by atoms with van der Waals surface area (Å²) in [5.41, 5.74) is 1.67. The fourth-order valence-corrected chi connectivity index (χ4v) is 2.95. The van der Waals surface area contributed by atoms with Gasteiger partial charge in [-0.3, -0.25) is 4.68 Å². The van der Waals surface area contributed by atoms with Gasteiger partial charge in [-0.1, -0.05) is 41.4 Å². The van der Waals surface area contributed by atoms with Gasteiger partial charge in [0.25, 0.3) is 0 Å². The SMILES string of the molecule is COc1ccc(Cl)cc1NC(=S)Nc1ccn(Cc2ccccc2Cl)n1. The number of nitrogens with zero attached hydrogens (tertiary/aromatic N) is 2. The van der Waals surface area contributed by atoms with E-state index in [2.05, 4.69) is 15.7 Å². The Labute approximate surface area is 166 Å². The van der Waals surface area contributed by atoms with Crippen molar-refractivity contribution in [3.63, 3.8) is 0 Å². The van der Waals surface area contributed by atoms with E-state index in [1.807, 2.05) is 36.5 Å². The molecule has 0 saturated heterocycles. The van der Waals surface area contributed by atoms with Crippen LogP contribution in [-0.4, -0.2) is 22.0 Å². The third-order valence-electron chi connectivity index (χ3n) is 3.58. The number of nitrogens with one attached hydrogen (secondary N) is 2. The number of benzene rings is 2. The molecule has 0 amide bonds. The third kappa shape index (κ3) is 4.66. The molecule has 0 atom stereocenters. The zero-order chi connectivity index (χ0) is 18.5. The van der Waals surface area contributed by atoms with Crippen molar-refractivity contribution in [1.82, 2.24) is 9.78 Å². The van der Waals surface area contributed by atoms with Crippen LogP contribution in [0.5, 0.6) is 5.75 Å². The first-order valence-corrected chi connectivity index (χ1v) is 8.90. The van der Waals surface area contributed by atoms with Crippen LogP contribution in [0, 0.1) is 0 Å². The first-order chi connectivity index (χ1) is 12.5.